The molecule has 1 amide bonds. The Balaban J connectivity index is 2.29. The van der Waals surface area contributed by atoms with Crippen LogP contribution < -0.4 is 10.6 Å². The van der Waals surface area contributed by atoms with Crippen LogP contribution in [0.2, 0.25) is 0 Å². The zero-order valence-corrected chi connectivity index (χ0v) is 12.0. The van der Waals surface area contributed by atoms with Gasteiger partial charge in [0.05, 0.1) is 0 Å². The third-order valence-electron chi connectivity index (χ3n) is 2.89. The van der Waals surface area contributed by atoms with Gasteiger partial charge in [-0.25, -0.2) is 9.67 Å². The highest BCUT2D eigenvalue weighted by Gasteiger charge is 2.13. The fourth-order valence-electron chi connectivity index (χ4n) is 1.69. The molecule has 0 aliphatic rings. The first-order valence-electron chi connectivity index (χ1n) is 6.36. The summed E-state index contributed by atoms with van der Waals surface area (Å²) in [5, 5.41) is 9.59. The van der Waals surface area contributed by atoms with Gasteiger partial charge in [-0.2, -0.15) is 10.1 Å². The van der Waals surface area contributed by atoms with E-state index in [4.69, 9.17) is 0 Å². The number of carbonyl (C=O) groups excluding carboxylic acids is 1. The van der Waals surface area contributed by atoms with Crippen LogP contribution in [0.4, 0.5) is 11.8 Å². The van der Waals surface area contributed by atoms with Crippen LogP contribution in [0.25, 0.3) is 0 Å². The summed E-state index contributed by atoms with van der Waals surface area (Å²) in [5.41, 5.74) is 1.40. The topological polar surface area (TPSA) is 84.7 Å². The van der Waals surface area contributed by atoms with Crippen molar-refractivity contribution in [3.63, 3.8) is 0 Å². The summed E-state index contributed by atoms with van der Waals surface area (Å²) in [6, 6.07) is 3.49. The fraction of sp³-hybridized carbons (Fsp3) is 0.385. The van der Waals surface area contributed by atoms with E-state index in [1.807, 2.05) is 13.8 Å². The van der Waals surface area contributed by atoms with Gasteiger partial charge in [-0.1, -0.05) is 13.8 Å². The maximum atomic E-state index is 12.3. The Kier molecular flexibility index (Phi) is 3.97. The number of hydrogen-bond donors (Lipinski definition) is 2. The van der Waals surface area contributed by atoms with E-state index >= 15 is 0 Å². The summed E-state index contributed by atoms with van der Waals surface area (Å²) < 4.78 is 1.50. The third kappa shape index (κ3) is 2.93. The second kappa shape index (κ2) is 5.68. The molecule has 2 aromatic heterocycles. The molecule has 0 fully saturated rings. The van der Waals surface area contributed by atoms with Gasteiger partial charge in [0.15, 0.2) is 0 Å². The van der Waals surface area contributed by atoms with Crippen molar-refractivity contribution in [2.45, 2.75) is 19.8 Å². The standard InChI is InChI=1S/C13H18N6O/c1-8(2)10-5-9(6-11(14-3)17-10)12(20)18-13-15-7-16-19(13)4/h5-8H,1-4H3,(H,14,17)(H,15,16,18,20). The monoisotopic (exact) mass is 274 g/mol. The molecule has 20 heavy (non-hydrogen) atoms. The van der Waals surface area contributed by atoms with Crippen molar-refractivity contribution in [2.24, 2.45) is 7.05 Å². The fourth-order valence-corrected chi connectivity index (χ4v) is 1.69. The molecular weight excluding hydrogens is 256 g/mol. The second-order valence-electron chi connectivity index (χ2n) is 4.73. The maximum absolute atomic E-state index is 12.3. The lowest BCUT2D eigenvalue weighted by Gasteiger charge is -2.11. The highest BCUT2D eigenvalue weighted by molar-refractivity contribution is 6.03. The number of anilines is 2. The quantitative estimate of drug-likeness (QED) is 0.885. The van der Waals surface area contributed by atoms with Gasteiger partial charge in [-0.05, 0) is 18.1 Å². The van der Waals surface area contributed by atoms with Crippen molar-refractivity contribution in [1.29, 1.82) is 0 Å². The van der Waals surface area contributed by atoms with E-state index in [1.54, 1.807) is 26.2 Å². The van der Waals surface area contributed by atoms with E-state index in [0.717, 1.165) is 5.69 Å². The van der Waals surface area contributed by atoms with Gasteiger partial charge in [0, 0.05) is 25.4 Å². The molecule has 2 rings (SSSR count). The van der Waals surface area contributed by atoms with Crippen LogP contribution >= 0.6 is 0 Å². The first kappa shape index (κ1) is 14.0. The van der Waals surface area contributed by atoms with Crippen molar-refractivity contribution in [1.82, 2.24) is 19.7 Å². The number of hydrogen-bond acceptors (Lipinski definition) is 5. The van der Waals surface area contributed by atoms with Crippen molar-refractivity contribution in [3.05, 3.63) is 29.7 Å². The Hall–Kier alpha value is -2.44. The minimum Gasteiger partial charge on any atom is -0.373 e. The predicted molar refractivity (Wildman–Crippen MR) is 76.8 cm³/mol. The van der Waals surface area contributed by atoms with Crippen LogP contribution in [0.5, 0.6) is 0 Å². The number of nitrogens with one attached hydrogen (secondary N) is 2. The number of pyridine rings is 1. The summed E-state index contributed by atoms with van der Waals surface area (Å²) in [6.45, 7) is 4.07. The predicted octanol–water partition coefficient (Wildman–Crippen LogP) is 1.63. The highest BCUT2D eigenvalue weighted by atomic mass is 16.1. The lowest BCUT2D eigenvalue weighted by molar-refractivity contribution is 0.102. The Morgan fingerprint density at radius 1 is 1.35 bits per heavy atom. The molecule has 0 saturated heterocycles. The van der Waals surface area contributed by atoms with E-state index in [2.05, 4.69) is 25.7 Å². The molecule has 0 aliphatic heterocycles. The third-order valence-corrected chi connectivity index (χ3v) is 2.89. The van der Waals surface area contributed by atoms with Gasteiger partial charge in [0.1, 0.15) is 12.1 Å². The SMILES string of the molecule is CNc1cc(C(=O)Nc2ncnn2C)cc(C(C)C)n1. The molecule has 106 valence electrons. The molecular formula is C13H18N6O. The molecule has 2 N–H and O–H groups in total. The van der Waals surface area contributed by atoms with E-state index in [1.165, 1.54) is 11.0 Å². The average Bonchev–Trinajstić information content (AvgIpc) is 2.83. The van der Waals surface area contributed by atoms with E-state index in [-0.39, 0.29) is 11.8 Å². The lowest BCUT2D eigenvalue weighted by atomic mass is 10.1. The Morgan fingerprint density at radius 3 is 2.65 bits per heavy atom. The number of aromatic nitrogens is 4. The van der Waals surface area contributed by atoms with Gasteiger partial charge in [-0.3, -0.25) is 10.1 Å². The molecule has 0 unspecified atom stereocenters. The summed E-state index contributed by atoms with van der Waals surface area (Å²) in [5.74, 6) is 1.08. The Labute approximate surface area is 117 Å². The van der Waals surface area contributed by atoms with Crippen LogP contribution in [0.1, 0.15) is 35.8 Å². The number of amides is 1. The van der Waals surface area contributed by atoms with Gasteiger partial charge >= 0.3 is 0 Å². The Bertz CT molecular complexity index is 619. The first-order chi connectivity index (χ1) is 9.51. The molecule has 0 spiro atoms. The van der Waals surface area contributed by atoms with Crippen LogP contribution in [0.3, 0.4) is 0 Å². The van der Waals surface area contributed by atoms with Crippen LogP contribution in [-0.2, 0) is 7.05 Å². The number of rotatable bonds is 4. The molecule has 0 atom stereocenters. The van der Waals surface area contributed by atoms with Gasteiger partial charge < -0.3 is 5.32 Å². The van der Waals surface area contributed by atoms with E-state index < -0.39 is 0 Å². The summed E-state index contributed by atoms with van der Waals surface area (Å²) in [6.07, 6.45) is 1.39. The second-order valence-corrected chi connectivity index (χ2v) is 4.73. The van der Waals surface area contributed by atoms with Crippen molar-refractivity contribution >= 4 is 17.7 Å². The molecule has 2 heterocycles. The van der Waals surface area contributed by atoms with Crippen LogP contribution in [-0.4, -0.2) is 32.7 Å². The zero-order valence-electron chi connectivity index (χ0n) is 12.0. The van der Waals surface area contributed by atoms with Crippen molar-refractivity contribution in [2.75, 3.05) is 17.7 Å². The molecule has 0 aromatic carbocycles. The molecule has 0 saturated carbocycles. The van der Waals surface area contributed by atoms with E-state index in [0.29, 0.717) is 17.3 Å². The van der Waals surface area contributed by atoms with Gasteiger partial charge in [0.2, 0.25) is 5.95 Å². The minimum atomic E-state index is -0.234. The van der Waals surface area contributed by atoms with Crippen molar-refractivity contribution in [3.8, 4) is 0 Å². The molecule has 2 aromatic rings. The zero-order chi connectivity index (χ0) is 14.7. The minimum absolute atomic E-state index is 0.234. The molecule has 0 radical (unpaired) electrons. The maximum Gasteiger partial charge on any atom is 0.258 e. The van der Waals surface area contributed by atoms with Gasteiger partial charge in [-0.15, -0.1) is 0 Å². The number of aryl methyl sites for hydroxylation is 1. The number of carbonyl (C=O) groups is 1. The molecule has 0 bridgehead atoms. The molecule has 7 nitrogen and oxygen atoms in total. The lowest BCUT2D eigenvalue weighted by Crippen LogP contribution is -2.16. The van der Waals surface area contributed by atoms with Gasteiger partial charge in [0.25, 0.3) is 5.91 Å². The molecule has 0 aliphatic carbocycles. The average molecular weight is 274 g/mol. The summed E-state index contributed by atoms with van der Waals surface area (Å²) >= 11 is 0. The molecule has 7 heteroatoms. The summed E-state index contributed by atoms with van der Waals surface area (Å²) in [7, 11) is 3.49. The van der Waals surface area contributed by atoms with Crippen LogP contribution in [0.15, 0.2) is 18.5 Å². The smallest absolute Gasteiger partial charge is 0.258 e. The summed E-state index contributed by atoms with van der Waals surface area (Å²) in [4.78, 5) is 20.7. The highest BCUT2D eigenvalue weighted by Crippen LogP contribution is 2.18. The first-order valence-corrected chi connectivity index (χ1v) is 6.36. The normalized spacial score (nSPS) is 10.7. The Morgan fingerprint density at radius 2 is 2.10 bits per heavy atom. The number of nitrogens with zero attached hydrogens (tertiary/aromatic N) is 4. The largest absolute Gasteiger partial charge is 0.373 e. The van der Waals surface area contributed by atoms with Crippen LogP contribution in [0, 0.1) is 0 Å². The van der Waals surface area contributed by atoms with E-state index in [9.17, 15) is 4.79 Å². The van der Waals surface area contributed by atoms with Crippen molar-refractivity contribution < 1.29 is 4.79 Å².